The molecular formula is C13H23NO3. The van der Waals surface area contributed by atoms with Gasteiger partial charge < -0.3 is 14.7 Å². The van der Waals surface area contributed by atoms with Crippen molar-refractivity contribution >= 4 is 5.97 Å². The Balaban J connectivity index is 1.86. The maximum absolute atomic E-state index is 11.4. The second kappa shape index (κ2) is 5.36. The van der Waals surface area contributed by atoms with Gasteiger partial charge in [-0.05, 0) is 32.7 Å². The van der Waals surface area contributed by atoms with E-state index >= 15 is 0 Å². The number of aliphatic carboxylic acids is 1. The predicted octanol–water partition coefficient (Wildman–Crippen LogP) is 1.74. The van der Waals surface area contributed by atoms with Gasteiger partial charge in [-0.15, -0.1) is 0 Å². The summed E-state index contributed by atoms with van der Waals surface area (Å²) in [4.78, 5) is 13.6. The third-order valence-electron chi connectivity index (χ3n) is 4.13. The fraction of sp³-hybridized carbons (Fsp3) is 0.923. The lowest BCUT2D eigenvalue weighted by Crippen LogP contribution is -2.42. The summed E-state index contributed by atoms with van der Waals surface area (Å²) < 4.78 is 5.59. The highest BCUT2D eigenvalue weighted by Gasteiger charge is 2.42. The maximum Gasteiger partial charge on any atom is 0.310 e. The molecule has 0 amide bonds. The molecule has 0 aromatic rings. The number of hydrogen-bond donors (Lipinski definition) is 1. The van der Waals surface area contributed by atoms with Crippen LogP contribution in [0.25, 0.3) is 0 Å². The zero-order valence-electron chi connectivity index (χ0n) is 10.7. The van der Waals surface area contributed by atoms with Crippen LogP contribution in [0, 0.1) is 5.41 Å². The molecule has 0 aromatic heterocycles. The molecule has 1 N–H and O–H groups in total. The van der Waals surface area contributed by atoms with Crippen molar-refractivity contribution in [2.75, 3.05) is 26.7 Å². The molecule has 0 bridgehead atoms. The molecule has 0 radical (unpaired) electrons. The Hall–Kier alpha value is -0.610. The summed E-state index contributed by atoms with van der Waals surface area (Å²) in [5.74, 6) is -0.616. The van der Waals surface area contributed by atoms with E-state index in [4.69, 9.17) is 4.74 Å². The number of rotatable bonds is 5. The van der Waals surface area contributed by atoms with Gasteiger partial charge in [0, 0.05) is 19.7 Å². The highest BCUT2D eigenvalue weighted by molar-refractivity contribution is 5.75. The molecule has 1 saturated carbocycles. The van der Waals surface area contributed by atoms with E-state index in [0.29, 0.717) is 12.6 Å². The summed E-state index contributed by atoms with van der Waals surface area (Å²) >= 11 is 0. The standard InChI is InChI=1S/C13H23NO3/c1-14(9-11-5-4-8-17-11)10-13(12(15)16)6-2-3-7-13/h11H,2-10H2,1H3,(H,15,16). The molecule has 4 heteroatoms. The molecule has 1 heterocycles. The molecule has 0 aromatic carbocycles. The second-order valence-corrected chi connectivity index (χ2v) is 5.62. The molecule has 1 atom stereocenters. The monoisotopic (exact) mass is 241 g/mol. The summed E-state index contributed by atoms with van der Waals surface area (Å²) in [6, 6.07) is 0. The third kappa shape index (κ3) is 2.99. The highest BCUT2D eigenvalue weighted by atomic mass is 16.5. The van der Waals surface area contributed by atoms with Gasteiger partial charge in [-0.1, -0.05) is 12.8 Å². The van der Waals surface area contributed by atoms with Gasteiger partial charge >= 0.3 is 5.97 Å². The predicted molar refractivity (Wildman–Crippen MR) is 65.0 cm³/mol. The van der Waals surface area contributed by atoms with Crippen LogP contribution >= 0.6 is 0 Å². The van der Waals surface area contributed by atoms with Gasteiger partial charge in [0.25, 0.3) is 0 Å². The van der Waals surface area contributed by atoms with E-state index in [1.165, 1.54) is 0 Å². The Morgan fingerprint density at radius 1 is 1.41 bits per heavy atom. The Bertz CT molecular complexity index is 268. The number of carboxylic acids is 1. The number of hydrogen-bond acceptors (Lipinski definition) is 3. The number of likely N-dealkylation sites (N-methyl/N-ethyl adjacent to an activating group) is 1. The van der Waals surface area contributed by atoms with Gasteiger partial charge in [-0.3, -0.25) is 4.79 Å². The first-order valence-corrected chi connectivity index (χ1v) is 6.66. The molecular weight excluding hydrogens is 218 g/mol. The summed E-state index contributed by atoms with van der Waals surface area (Å²) in [5.41, 5.74) is -0.493. The SMILES string of the molecule is CN(CC1CCCO1)CC1(C(=O)O)CCCC1. The Morgan fingerprint density at radius 2 is 2.12 bits per heavy atom. The van der Waals surface area contributed by atoms with Crippen LogP contribution in [0.2, 0.25) is 0 Å². The lowest BCUT2D eigenvalue weighted by atomic mass is 9.85. The first kappa shape index (κ1) is 12.8. The smallest absolute Gasteiger partial charge is 0.310 e. The maximum atomic E-state index is 11.4. The molecule has 1 unspecified atom stereocenters. The van der Waals surface area contributed by atoms with Crippen molar-refractivity contribution in [2.24, 2.45) is 5.41 Å². The summed E-state index contributed by atoms with van der Waals surface area (Å²) in [7, 11) is 2.02. The molecule has 2 fully saturated rings. The summed E-state index contributed by atoms with van der Waals surface area (Å²) in [6.07, 6.45) is 6.34. The Morgan fingerprint density at radius 3 is 2.65 bits per heavy atom. The lowest BCUT2D eigenvalue weighted by molar-refractivity contribution is -0.149. The molecule has 1 saturated heterocycles. The highest BCUT2D eigenvalue weighted by Crippen LogP contribution is 2.39. The molecule has 2 rings (SSSR count). The fourth-order valence-electron chi connectivity index (χ4n) is 3.21. The molecule has 1 aliphatic heterocycles. The Labute approximate surface area is 103 Å². The largest absolute Gasteiger partial charge is 0.481 e. The van der Waals surface area contributed by atoms with Crippen LogP contribution in [-0.2, 0) is 9.53 Å². The van der Waals surface area contributed by atoms with Crippen molar-refractivity contribution in [1.82, 2.24) is 4.90 Å². The van der Waals surface area contributed by atoms with Crippen molar-refractivity contribution < 1.29 is 14.6 Å². The van der Waals surface area contributed by atoms with Crippen molar-refractivity contribution in [1.29, 1.82) is 0 Å². The first-order valence-electron chi connectivity index (χ1n) is 6.66. The van der Waals surface area contributed by atoms with Crippen LogP contribution in [0.3, 0.4) is 0 Å². The molecule has 17 heavy (non-hydrogen) atoms. The molecule has 2 aliphatic rings. The number of ether oxygens (including phenoxy) is 1. The minimum Gasteiger partial charge on any atom is -0.481 e. The zero-order valence-corrected chi connectivity index (χ0v) is 10.7. The van der Waals surface area contributed by atoms with Crippen LogP contribution in [0.4, 0.5) is 0 Å². The normalized spacial score (nSPS) is 27.8. The van der Waals surface area contributed by atoms with Gasteiger partial charge in [0.15, 0.2) is 0 Å². The molecule has 1 aliphatic carbocycles. The average molecular weight is 241 g/mol. The number of carbonyl (C=O) groups is 1. The second-order valence-electron chi connectivity index (χ2n) is 5.62. The van der Waals surface area contributed by atoms with Crippen molar-refractivity contribution in [2.45, 2.75) is 44.6 Å². The van der Waals surface area contributed by atoms with Gasteiger partial charge in [0.05, 0.1) is 11.5 Å². The van der Waals surface area contributed by atoms with E-state index in [0.717, 1.165) is 51.7 Å². The quantitative estimate of drug-likeness (QED) is 0.796. The van der Waals surface area contributed by atoms with E-state index in [2.05, 4.69) is 4.90 Å². The van der Waals surface area contributed by atoms with Gasteiger partial charge in [-0.25, -0.2) is 0 Å². The van der Waals surface area contributed by atoms with Crippen LogP contribution in [0.15, 0.2) is 0 Å². The van der Waals surface area contributed by atoms with Crippen molar-refractivity contribution in [3.63, 3.8) is 0 Å². The van der Waals surface area contributed by atoms with E-state index in [-0.39, 0.29) is 0 Å². The van der Waals surface area contributed by atoms with Crippen LogP contribution < -0.4 is 0 Å². The molecule has 0 spiro atoms. The van der Waals surface area contributed by atoms with Crippen LogP contribution in [0.5, 0.6) is 0 Å². The summed E-state index contributed by atoms with van der Waals surface area (Å²) in [5, 5.41) is 9.42. The van der Waals surface area contributed by atoms with E-state index < -0.39 is 11.4 Å². The zero-order chi connectivity index (χ0) is 12.3. The summed E-state index contributed by atoms with van der Waals surface area (Å²) in [6.45, 7) is 2.40. The van der Waals surface area contributed by atoms with Crippen LogP contribution in [-0.4, -0.2) is 48.8 Å². The van der Waals surface area contributed by atoms with Gasteiger partial charge in [0.2, 0.25) is 0 Å². The van der Waals surface area contributed by atoms with Crippen molar-refractivity contribution in [3.8, 4) is 0 Å². The van der Waals surface area contributed by atoms with E-state index in [9.17, 15) is 9.90 Å². The lowest BCUT2D eigenvalue weighted by Gasteiger charge is -2.30. The van der Waals surface area contributed by atoms with E-state index in [1.807, 2.05) is 7.05 Å². The first-order chi connectivity index (χ1) is 8.12. The Kier molecular flexibility index (Phi) is 4.05. The number of nitrogens with zero attached hydrogens (tertiary/aromatic N) is 1. The molecule has 4 nitrogen and oxygen atoms in total. The third-order valence-corrected chi connectivity index (χ3v) is 4.13. The van der Waals surface area contributed by atoms with Gasteiger partial charge in [-0.2, -0.15) is 0 Å². The topological polar surface area (TPSA) is 49.8 Å². The fourth-order valence-corrected chi connectivity index (χ4v) is 3.21. The van der Waals surface area contributed by atoms with Gasteiger partial charge in [0.1, 0.15) is 0 Å². The van der Waals surface area contributed by atoms with E-state index in [1.54, 1.807) is 0 Å². The van der Waals surface area contributed by atoms with Crippen LogP contribution in [0.1, 0.15) is 38.5 Å². The minimum absolute atomic E-state index is 0.312. The van der Waals surface area contributed by atoms with Crippen molar-refractivity contribution in [3.05, 3.63) is 0 Å². The number of carboxylic acid groups (broad SMARTS) is 1. The minimum atomic E-state index is -0.616. The average Bonchev–Trinajstić information content (AvgIpc) is 2.89. The molecule has 98 valence electrons.